The van der Waals surface area contributed by atoms with E-state index in [0.717, 1.165) is 23.1 Å². The number of rotatable bonds is 9. The third-order valence-corrected chi connectivity index (χ3v) is 5.76. The fourth-order valence-corrected chi connectivity index (χ4v) is 3.62. The van der Waals surface area contributed by atoms with Crippen LogP contribution in [-0.4, -0.2) is 29.3 Å². The zero-order valence-corrected chi connectivity index (χ0v) is 19.4. The first kappa shape index (κ1) is 23.8. The number of carbonyl (C=O) groups is 2. The molecule has 0 aliphatic carbocycles. The predicted molar refractivity (Wildman–Crippen MR) is 130 cm³/mol. The van der Waals surface area contributed by atoms with E-state index < -0.39 is 6.04 Å². The van der Waals surface area contributed by atoms with Gasteiger partial charge in [0.2, 0.25) is 11.8 Å². The van der Waals surface area contributed by atoms with E-state index in [0.29, 0.717) is 23.1 Å². The van der Waals surface area contributed by atoms with Crippen molar-refractivity contribution in [1.82, 2.24) is 10.2 Å². The molecule has 4 nitrogen and oxygen atoms in total. The van der Waals surface area contributed by atoms with E-state index in [9.17, 15) is 9.59 Å². The van der Waals surface area contributed by atoms with Gasteiger partial charge in [-0.2, -0.15) is 0 Å². The van der Waals surface area contributed by atoms with Crippen molar-refractivity contribution >= 4 is 35.0 Å². The van der Waals surface area contributed by atoms with Crippen molar-refractivity contribution in [3.05, 3.63) is 106 Å². The van der Waals surface area contributed by atoms with Crippen LogP contribution in [0.2, 0.25) is 10.0 Å². The molecule has 1 N–H and O–H groups in total. The number of amides is 2. The first-order valence-corrected chi connectivity index (χ1v) is 11.3. The summed E-state index contributed by atoms with van der Waals surface area (Å²) in [7, 11) is 0. The molecule has 3 aromatic rings. The molecule has 0 radical (unpaired) electrons. The average Bonchev–Trinajstić information content (AvgIpc) is 2.80. The van der Waals surface area contributed by atoms with Crippen LogP contribution in [0.4, 0.5) is 0 Å². The van der Waals surface area contributed by atoms with Crippen LogP contribution in [0.5, 0.6) is 0 Å². The van der Waals surface area contributed by atoms with E-state index in [1.807, 2.05) is 54.6 Å². The Morgan fingerprint density at radius 2 is 1.38 bits per heavy atom. The third-order valence-electron chi connectivity index (χ3n) is 5.26. The second kappa shape index (κ2) is 11.7. The van der Waals surface area contributed by atoms with Gasteiger partial charge in [-0.05, 0) is 54.3 Å². The van der Waals surface area contributed by atoms with E-state index in [1.54, 1.807) is 36.1 Å². The third kappa shape index (κ3) is 7.11. The van der Waals surface area contributed by atoms with Crippen molar-refractivity contribution in [2.45, 2.75) is 32.4 Å². The summed E-state index contributed by atoms with van der Waals surface area (Å²) in [5.41, 5.74) is 2.90. The van der Waals surface area contributed by atoms with Gasteiger partial charge in [-0.15, -0.1) is 0 Å². The predicted octanol–water partition coefficient (Wildman–Crippen LogP) is 5.31. The van der Waals surface area contributed by atoms with Crippen LogP contribution in [0.1, 0.15) is 23.6 Å². The van der Waals surface area contributed by atoms with Crippen LogP contribution in [0.15, 0.2) is 78.9 Å². The standard InChI is InChI=1S/C26H26Cl2N2O2/c1-19(26(32)29-16-15-20-5-3-2-4-6-20)30(18-22-9-13-24(28)14-10-22)25(31)17-21-7-11-23(27)12-8-21/h2-14,19H,15-18H2,1H3,(H,29,32)/t19-/m0/s1. The highest BCUT2D eigenvalue weighted by atomic mass is 35.5. The zero-order chi connectivity index (χ0) is 22.9. The van der Waals surface area contributed by atoms with Crippen LogP contribution in [0, 0.1) is 0 Å². The van der Waals surface area contributed by atoms with Gasteiger partial charge in [0, 0.05) is 23.1 Å². The van der Waals surface area contributed by atoms with Gasteiger partial charge >= 0.3 is 0 Å². The molecule has 0 saturated carbocycles. The van der Waals surface area contributed by atoms with Gasteiger partial charge in [-0.3, -0.25) is 9.59 Å². The number of hydrogen-bond acceptors (Lipinski definition) is 2. The van der Waals surface area contributed by atoms with Crippen LogP contribution in [0.25, 0.3) is 0 Å². The van der Waals surface area contributed by atoms with Crippen molar-refractivity contribution < 1.29 is 9.59 Å². The molecule has 0 fully saturated rings. The molecule has 0 aromatic heterocycles. The van der Waals surface area contributed by atoms with E-state index in [-0.39, 0.29) is 18.2 Å². The van der Waals surface area contributed by atoms with Crippen molar-refractivity contribution in [1.29, 1.82) is 0 Å². The highest BCUT2D eigenvalue weighted by molar-refractivity contribution is 6.30. The molecular formula is C26H26Cl2N2O2. The minimum Gasteiger partial charge on any atom is -0.354 e. The number of carbonyl (C=O) groups excluding carboxylic acids is 2. The van der Waals surface area contributed by atoms with E-state index in [4.69, 9.17) is 23.2 Å². The molecule has 3 rings (SSSR count). The summed E-state index contributed by atoms with van der Waals surface area (Å²) < 4.78 is 0. The van der Waals surface area contributed by atoms with E-state index in [1.165, 1.54) is 0 Å². The summed E-state index contributed by atoms with van der Waals surface area (Å²) >= 11 is 12.0. The largest absolute Gasteiger partial charge is 0.354 e. The van der Waals surface area contributed by atoms with E-state index in [2.05, 4.69) is 5.32 Å². The lowest BCUT2D eigenvalue weighted by molar-refractivity contribution is -0.140. The minimum absolute atomic E-state index is 0.131. The molecule has 0 unspecified atom stereocenters. The molecule has 0 aliphatic heterocycles. The number of halogens is 2. The Morgan fingerprint density at radius 3 is 1.97 bits per heavy atom. The lowest BCUT2D eigenvalue weighted by Crippen LogP contribution is -2.48. The van der Waals surface area contributed by atoms with E-state index >= 15 is 0 Å². The van der Waals surface area contributed by atoms with Crippen LogP contribution < -0.4 is 5.32 Å². The number of nitrogens with one attached hydrogen (secondary N) is 1. The number of hydrogen-bond donors (Lipinski definition) is 1. The lowest BCUT2D eigenvalue weighted by Gasteiger charge is -2.29. The molecule has 2 amide bonds. The van der Waals surface area contributed by atoms with Crippen molar-refractivity contribution in [3.8, 4) is 0 Å². The summed E-state index contributed by atoms with van der Waals surface area (Å²) in [6.45, 7) is 2.58. The number of benzene rings is 3. The van der Waals surface area contributed by atoms with Crippen LogP contribution in [-0.2, 0) is 29.0 Å². The topological polar surface area (TPSA) is 49.4 Å². The Labute approximate surface area is 199 Å². The molecule has 166 valence electrons. The smallest absolute Gasteiger partial charge is 0.242 e. The summed E-state index contributed by atoms with van der Waals surface area (Å²) in [5.74, 6) is -0.313. The highest BCUT2D eigenvalue weighted by Gasteiger charge is 2.26. The van der Waals surface area contributed by atoms with Gasteiger partial charge in [-0.25, -0.2) is 0 Å². The second-order valence-corrected chi connectivity index (χ2v) is 8.53. The average molecular weight is 469 g/mol. The fraction of sp³-hybridized carbons (Fsp3) is 0.231. The maximum absolute atomic E-state index is 13.2. The molecule has 0 aliphatic rings. The van der Waals surface area contributed by atoms with Gasteiger partial charge < -0.3 is 10.2 Å². The Hall–Kier alpha value is -2.82. The lowest BCUT2D eigenvalue weighted by atomic mass is 10.1. The molecule has 32 heavy (non-hydrogen) atoms. The first-order valence-electron chi connectivity index (χ1n) is 10.5. The van der Waals surface area contributed by atoms with Gasteiger partial charge in [0.1, 0.15) is 6.04 Å². The summed E-state index contributed by atoms with van der Waals surface area (Å²) in [6, 6.07) is 23.8. The van der Waals surface area contributed by atoms with Crippen molar-refractivity contribution in [2.24, 2.45) is 0 Å². The van der Waals surface area contributed by atoms with Crippen LogP contribution >= 0.6 is 23.2 Å². The molecule has 0 saturated heterocycles. The maximum atomic E-state index is 13.2. The fourth-order valence-electron chi connectivity index (χ4n) is 3.37. The SMILES string of the molecule is C[C@@H](C(=O)NCCc1ccccc1)N(Cc1ccc(Cl)cc1)C(=O)Cc1ccc(Cl)cc1. The summed E-state index contributed by atoms with van der Waals surface area (Å²) in [6.07, 6.45) is 0.918. The summed E-state index contributed by atoms with van der Waals surface area (Å²) in [4.78, 5) is 27.7. The van der Waals surface area contributed by atoms with Crippen LogP contribution in [0.3, 0.4) is 0 Å². The Bertz CT molecular complexity index is 1020. The quantitative estimate of drug-likeness (QED) is 0.462. The molecule has 0 spiro atoms. The Balaban J connectivity index is 1.69. The normalized spacial score (nSPS) is 11.6. The Kier molecular flexibility index (Phi) is 8.72. The number of nitrogens with zero attached hydrogens (tertiary/aromatic N) is 1. The van der Waals surface area contributed by atoms with Gasteiger partial charge in [-0.1, -0.05) is 77.8 Å². The molecular weight excluding hydrogens is 443 g/mol. The van der Waals surface area contributed by atoms with Crippen molar-refractivity contribution in [2.75, 3.05) is 6.54 Å². The van der Waals surface area contributed by atoms with Gasteiger partial charge in [0.05, 0.1) is 6.42 Å². The molecule has 6 heteroatoms. The molecule has 0 heterocycles. The second-order valence-electron chi connectivity index (χ2n) is 7.65. The highest BCUT2D eigenvalue weighted by Crippen LogP contribution is 2.16. The first-order chi connectivity index (χ1) is 15.4. The molecule has 3 aromatic carbocycles. The Morgan fingerprint density at radius 1 is 0.812 bits per heavy atom. The molecule has 1 atom stereocenters. The van der Waals surface area contributed by atoms with Gasteiger partial charge in [0.25, 0.3) is 0 Å². The minimum atomic E-state index is -0.624. The summed E-state index contributed by atoms with van der Waals surface area (Å²) in [5, 5.41) is 4.20. The van der Waals surface area contributed by atoms with Gasteiger partial charge in [0.15, 0.2) is 0 Å². The van der Waals surface area contributed by atoms with Crippen molar-refractivity contribution in [3.63, 3.8) is 0 Å². The zero-order valence-electron chi connectivity index (χ0n) is 17.9. The maximum Gasteiger partial charge on any atom is 0.242 e. The monoisotopic (exact) mass is 468 g/mol. The molecule has 0 bridgehead atoms.